The van der Waals surface area contributed by atoms with Crippen LogP contribution in [0.3, 0.4) is 0 Å². The van der Waals surface area contributed by atoms with E-state index in [2.05, 4.69) is 21.2 Å². The zero-order chi connectivity index (χ0) is 13.1. The van der Waals surface area contributed by atoms with E-state index in [0.29, 0.717) is 21.3 Å². The second-order valence-electron chi connectivity index (χ2n) is 3.56. The molecule has 0 fully saturated rings. The lowest BCUT2D eigenvalue weighted by Crippen LogP contribution is -2.12. The van der Waals surface area contributed by atoms with Crippen molar-refractivity contribution in [2.24, 2.45) is 0 Å². The highest BCUT2D eigenvalue weighted by molar-refractivity contribution is 9.10. The van der Waals surface area contributed by atoms with Gasteiger partial charge in [0.25, 0.3) is 5.91 Å². The van der Waals surface area contributed by atoms with Crippen molar-refractivity contribution >= 4 is 50.7 Å². The summed E-state index contributed by atoms with van der Waals surface area (Å²) in [6.07, 6.45) is 0. The molecule has 0 spiro atoms. The molecule has 0 aliphatic rings. The summed E-state index contributed by atoms with van der Waals surface area (Å²) in [4.78, 5) is 12.0. The highest BCUT2D eigenvalue weighted by atomic mass is 79.9. The number of anilines is 1. The molecule has 0 aliphatic carbocycles. The molecule has 0 saturated carbocycles. The van der Waals surface area contributed by atoms with Gasteiger partial charge in [-0.05, 0) is 46.3 Å². The molecule has 2 aromatic rings. The fraction of sp³-hybridized carbons (Fsp3) is 0. The maximum absolute atomic E-state index is 12.0. The monoisotopic (exact) mass is 343 g/mol. The summed E-state index contributed by atoms with van der Waals surface area (Å²) in [5.74, 6) is -0.252. The van der Waals surface area contributed by atoms with Crippen LogP contribution < -0.4 is 5.32 Å². The summed E-state index contributed by atoms with van der Waals surface area (Å²) < 4.78 is 0.749. The van der Waals surface area contributed by atoms with E-state index in [4.69, 9.17) is 23.2 Å². The zero-order valence-corrected chi connectivity index (χ0v) is 12.2. The summed E-state index contributed by atoms with van der Waals surface area (Å²) >= 11 is 15.2. The van der Waals surface area contributed by atoms with E-state index in [-0.39, 0.29) is 5.91 Å². The van der Waals surface area contributed by atoms with Gasteiger partial charge in [0.05, 0.1) is 15.7 Å². The largest absolute Gasteiger partial charge is 0.321 e. The molecule has 2 nitrogen and oxygen atoms in total. The molecular formula is C13H8BrCl2NO. The number of hydrogen-bond acceptors (Lipinski definition) is 1. The highest BCUT2D eigenvalue weighted by Gasteiger charge is 2.09. The van der Waals surface area contributed by atoms with E-state index < -0.39 is 0 Å². The molecule has 1 N–H and O–H groups in total. The minimum absolute atomic E-state index is 0.252. The molecule has 0 atom stereocenters. The Kier molecular flexibility index (Phi) is 4.27. The number of hydrogen-bond donors (Lipinski definition) is 1. The van der Waals surface area contributed by atoms with Crippen molar-refractivity contribution in [2.75, 3.05) is 5.32 Å². The van der Waals surface area contributed by atoms with Crippen molar-refractivity contribution < 1.29 is 4.79 Å². The highest BCUT2D eigenvalue weighted by Crippen LogP contribution is 2.25. The van der Waals surface area contributed by atoms with Gasteiger partial charge in [0, 0.05) is 10.0 Å². The smallest absolute Gasteiger partial charge is 0.255 e. The van der Waals surface area contributed by atoms with Gasteiger partial charge < -0.3 is 5.32 Å². The number of benzene rings is 2. The van der Waals surface area contributed by atoms with Crippen molar-refractivity contribution in [1.82, 2.24) is 0 Å². The molecule has 1 amide bonds. The lowest BCUT2D eigenvalue weighted by atomic mass is 10.2. The fourth-order valence-electron chi connectivity index (χ4n) is 1.39. The predicted molar refractivity (Wildman–Crippen MR) is 78.6 cm³/mol. The number of amides is 1. The van der Waals surface area contributed by atoms with Crippen LogP contribution in [0.2, 0.25) is 10.0 Å². The Balaban J connectivity index is 2.22. The first-order valence-electron chi connectivity index (χ1n) is 5.09. The summed E-state index contributed by atoms with van der Waals surface area (Å²) in [6, 6.07) is 12.1. The van der Waals surface area contributed by atoms with Gasteiger partial charge in [-0.25, -0.2) is 0 Å². The average Bonchev–Trinajstić information content (AvgIpc) is 2.35. The van der Waals surface area contributed by atoms with Crippen molar-refractivity contribution in [3.8, 4) is 0 Å². The molecule has 0 aromatic heterocycles. The SMILES string of the molecule is O=C(Nc1ccccc1Cl)c1ccc(Br)c(Cl)c1. The van der Waals surface area contributed by atoms with E-state index >= 15 is 0 Å². The summed E-state index contributed by atoms with van der Waals surface area (Å²) in [5, 5.41) is 3.71. The van der Waals surface area contributed by atoms with Gasteiger partial charge in [-0.3, -0.25) is 4.79 Å². The standard InChI is InChI=1S/C13H8BrCl2NO/c14-9-6-5-8(7-11(9)16)13(18)17-12-4-2-1-3-10(12)15/h1-7H,(H,17,18). The van der Waals surface area contributed by atoms with Crippen LogP contribution in [0.25, 0.3) is 0 Å². The van der Waals surface area contributed by atoms with Gasteiger partial charge in [0.1, 0.15) is 0 Å². The van der Waals surface area contributed by atoms with Crippen LogP contribution in [0.5, 0.6) is 0 Å². The number of carbonyl (C=O) groups excluding carboxylic acids is 1. The Morgan fingerprint density at radius 1 is 1.06 bits per heavy atom. The topological polar surface area (TPSA) is 29.1 Å². The predicted octanol–water partition coefficient (Wildman–Crippen LogP) is 5.01. The Morgan fingerprint density at radius 2 is 1.78 bits per heavy atom. The first kappa shape index (κ1) is 13.4. The Bertz CT molecular complexity index is 601. The Hall–Kier alpha value is -1.03. The second kappa shape index (κ2) is 5.74. The fourth-order valence-corrected chi connectivity index (χ4v) is 2.00. The first-order chi connectivity index (χ1) is 8.58. The molecule has 92 valence electrons. The summed E-state index contributed by atoms with van der Waals surface area (Å²) in [6.45, 7) is 0. The Morgan fingerprint density at radius 3 is 2.44 bits per heavy atom. The van der Waals surface area contributed by atoms with Crippen molar-refractivity contribution in [3.63, 3.8) is 0 Å². The summed E-state index contributed by atoms with van der Waals surface area (Å²) in [5.41, 5.74) is 1.05. The van der Waals surface area contributed by atoms with E-state index in [0.717, 1.165) is 4.47 Å². The maximum Gasteiger partial charge on any atom is 0.255 e. The normalized spacial score (nSPS) is 10.2. The molecule has 2 rings (SSSR count). The third-order valence-corrected chi connectivity index (χ3v) is 3.87. The third-order valence-electron chi connectivity index (χ3n) is 2.30. The number of rotatable bonds is 2. The van der Waals surface area contributed by atoms with Gasteiger partial charge in [0.15, 0.2) is 0 Å². The van der Waals surface area contributed by atoms with E-state index in [9.17, 15) is 4.79 Å². The molecule has 5 heteroatoms. The zero-order valence-electron chi connectivity index (χ0n) is 9.08. The van der Waals surface area contributed by atoms with Crippen LogP contribution in [-0.2, 0) is 0 Å². The van der Waals surface area contributed by atoms with E-state index in [1.54, 1.807) is 42.5 Å². The van der Waals surface area contributed by atoms with Gasteiger partial charge in [-0.15, -0.1) is 0 Å². The lowest BCUT2D eigenvalue weighted by Gasteiger charge is -2.07. The van der Waals surface area contributed by atoms with Crippen LogP contribution >= 0.6 is 39.1 Å². The molecule has 0 unspecified atom stereocenters. The van der Waals surface area contributed by atoms with Gasteiger partial charge >= 0.3 is 0 Å². The second-order valence-corrected chi connectivity index (χ2v) is 5.23. The molecule has 0 bridgehead atoms. The quantitative estimate of drug-likeness (QED) is 0.815. The average molecular weight is 345 g/mol. The van der Waals surface area contributed by atoms with Gasteiger partial charge in [-0.1, -0.05) is 35.3 Å². The molecule has 18 heavy (non-hydrogen) atoms. The Labute approximate surface area is 123 Å². The third kappa shape index (κ3) is 3.05. The number of para-hydroxylation sites is 1. The van der Waals surface area contributed by atoms with E-state index in [1.165, 1.54) is 0 Å². The van der Waals surface area contributed by atoms with Gasteiger partial charge in [-0.2, -0.15) is 0 Å². The minimum Gasteiger partial charge on any atom is -0.321 e. The molecule has 0 radical (unpaired) electrons. The minimum atomic E-state index is -0.252. The molecule has 2 aromatic carbocycles. The number of nitrogens with one attached hydrogen (secondary N) is 1. The molecular weight excluding hydrogens is 337 g/mol. The van der Waals surface area contributed by atoms with E-state index in [1.807, 2.05) is 0 Å². The summed E-state index contributed by atoms with van der Waals surface area (Å²) in [7, 11) is 0. The van der Waals surface area contributed by atoms with Crippen LogP contribution in [0.1, 0.15) is 10.4 Å². The van der Waals surface area contributed by atoms with Crippen LogP contribution in [-0.4, -0.2) is 5.91 Å². The van der Waals surface area contributed by atoms with Gasteiger partial charge in [0.2, 0.25) is 0 Å². The number of halogens is 3. The number of carbonyl (C=O) groups is 1. The molecule has 0 saturated heterocycles. The van der Waals surface area contributed by atoms with Crippen molar-refractivity contribution in [2.45, 2.75) is 0 Å². The van der Waals surface area contributed by atoms with Crippen LogP contribution in [0.4, 0.5) is 5.69 Å². The lowest BCUT2D eigenvalue weighted by molar-refractivity contribution is 0.102. The molecule has 0 aliphatic heterocycles. The van der Waals surface area contributed by atoms with Crippen molar-refractivity contribution in [3.05, 3.63) is 62.5 Å². The first-order valence-corrected chi connectivity index (χ1v) is 6.64. The maximum atomic E-state index is 12.0. The van der Waals surface area contributed by atoms with Crippen molar-refractivity contribution in [1.29, 1.82) is 0 Å². The van der Waals surface area contributed by atoms with Crippen LogP contribution in [0, 0.1) is 0 Å². The van der Waals surface area contributed by atoms with Crippen LogP contribution in [0.15, 0.2) is 46.9 Å². The molecule has 0 heterocycles.